The lowest BCUT2D eigenvalue weighted by molar-refractivity contribution is 0.370. The zero-order valence-electron chi connectivity index (χ0n) is 12.9. The molecule has 1 heterocycles. The molecule has 120 valence electrons. The molecule has 0 aliphatic heterocycles. The Hall–Kier alpha value is -0.890. The quantitative estimate of drug-likeness (QED) is 0.758. The predicted molar refractivity (Wildman–Crippen MR) is 86.4 cm³/mol. The first-order valence-electron chi connectivity index (χ1n) is 6.82. The topological polar surface area (TPSA) is 74.3 Å². The van der Waals surface area contributed by atoms with E-state index in [1.165, 1.54) is 12.3 Å². The van der Waals surface area contributed by atoms with E-state index in [1.54, 1.807) is 0 Å². The first kappa shape index (κ1) is 18.2. The predicted octanol–water partition coefficient (Wildman–Crippen LogP) is 1.79. The molecule has 0 amide bonds. The van der Waals surface area contributed by atoms with E-state index in [4.69, 9.17) is 11.6 Å². The van der Waals surface area contributed by atoms with Crippen molar-refractivity contribution in [2.45, 2.75) is 31.2 Å². The number of hydrogen-bond donors (Lipinski definition) is 2. The molecular formula is C13H23ClN4O2S. The van der Waals surface area contributed by atoms with Gasteiger partial charge in [0.05, 0.1) is 5.02 Å². The lowest BCUT2D eigenvalue weighted by Gasteiger charge is -2.18. The summed E-state index contributed by atoms with van der Waals surface area (Å²) in [7, 11) is 0.156. The molecule has 0 saturated carbocycles. The summed E-state index contributed by atoms with van der Waals surface area (Å²) in [5.41, 5.74) is 0. The minimum Gasteiger partial charge on any atom is -0.369 e. The van der Waals surface area contributed by atoms with Gasteiger partial charge in [-0.25, -0.2) is 18.1 Å². The van der Waals surface area contributed by atoms with E-state index in [0.717, 1.165) is 13.0 Å². The number of pyridine rings is 1. The van der Waals surface area contributed by atoms with Crippen molar-refractivity contribution in [3.8, 4) is 0 Å². The fourth-order valence-electron chi connectivity index (χ4n) is 1.86. The van der Waals surface area contributed by atoms with Crippen molar-refractivity contribution in [2.24, 2.45) is 0 Å². The zero-order valence-corrected chi connectivity index (χ0v) is 14.4. The molecule has 0 saturated heterocycles. The summed E-state index contributed by atoms with van der Waals surface area (Å²) < 4.78 is 27.1. The Kier molecular flexibility index (Phi) is 6.86. The molecular weight excluding hydrogens is 312 g/mol. The zero-order chi connectivity index (χ0) is 16.0. The van der Waals surface area contributed by atoms with E-state index < -0.39 is 10.0 Å². The standard InChI is InChI=1S/C13H23ClN4O2S/c1-5-6-15-13-12(14)7-11(8-16-13)21(19,20)17-10(2)9-18(3)4/h7-8,10,17H,5-6,9H2,1-4H3,(H,15,16). The molecule has 1 atom stereocenters. The van der Waals surface area contributed by atoms with Crippen LogP contribution >= 0.6 is 11.6 Å². The largest absolute Gasteiger partial charge is 0.369 e. The van der Waals surface area contributed by atoms with E-state index in [9.17, 15) is 8.42 Å². The average molecular weight is 335 g/mol. The molecule has 0 bridgehead atoms. The molecule has 2 N–H and O–H groups in total. The molecule has 1 aromatic rings. The van der Waals surface area contributed by atoms with Gasteiger partial charge in [0.25, 0.3) is 0 Å². The number of halogens is 1. The third-order valence-corrected chi connectivity index (χ3v) is 4.51. The normalized spacial score (nSPS) is 13.4. The number of rotatable bonds is 8. The van der Waals surface area contributed by atoms with Gasteiger partial charge in [0.15, 0.2) is 0 Å². The molecule has 1 rings (SSSR count). The van der Waals surface area contributed by atoms with Gasteiger partial charge in [-0.1, -0.05) is 18.5 Å². The number of nitrogens with one attached hydrogen (secondary N) is 2. The molecule has 1 aromatic heterocycles. The monoisotopic (exact) mass is 334 g/mol. The first-order valence-corrected chi connectivity index (χ1v) is 8.69. The Labute approximate surface area is 131 Å². The van der Waals surface area contributed by atoms with Crippen LogP contribution in [0.25, 0.3) is 0 Å². The van der Waals surface area contributed by atoms with Gasteiger partial charge < -0.3 is 10.2 Å². The Balaban J connectivity index is 2.86. The molecule has 0 radical (unpaired) electrons. The van der Waals surface area contributed by atoms with Gasteiger partial charge in [-0.05, 0) is 33.5 Å². The van der Waals surface area contributed by atoms with E-state index in [0.29, 0.717) is 17.4 Å². The maximum absolute atomic E-state index is 12.3. The van der Waals surface area contributed by atoms with Crippen LogP contribution in [0.5, 0.6) is 0 Å². The minimum atomic E-state index is -3.62. The van der Waals surface area contributed by atoms with E-state index in [1.807, 2.05) is 32.8 Å². The molecule has 1 unspecified atom stereocenters. The molecule has 21 heavy (non-hydrogen) atoms. The van der Waals surface area contributed by atoms with Crippen molar-refractivity contribution in [1.29, 1.82) is 0 Å². The summed E-state index contributed by atoms with van der Waals surface area (Å²) in [4.78, 5) is 6.06. The number of nitrogens with zero attached hydrogens (tertiary/aromatic N) is 2. The first-order chi connectivity index (χ1) is 9.76. The van der Waals surface area contributed by atoms with Crippen LogP contribution in [0.1, 0.15) is 20.3 Å². The smallest absolute Gasteiger partial charge is 0.242 e. The Morgan fingerprint density at radius 1 is 1.43 bits per heavy atom. The van der Waals surface area contributed by atoms with Crippen LogP contribution in [-0.4, -0.2) is 51.5 Å². The van der Waals surface area contributed by atoms with Crippen LogP contribution in [0, 0.1) is 0 Å². The molecule has 0 aromatic carbocycles. The van der Waals surface area contributed by atoms with Crippen LogP contribution in [0.3, 0.4) is 0 Å². The molecule has 8 heteroatoms. The van der Waals surface area contributed by atoms with Crippen LogP contribution in [0.2, 0.25) is 5.02 Å². The molecule has 0 aliphatic carbocycles. The Bertz CT molecular complexity index is 563. The highest BCUT2D eigenvalue weighted by Gasteiger charge is 2.19. The minimum absolute atomic E-state index is 0.0696. The van der Waals surface area contributed by atoms with Crippen molar-refractivity contribution >= 4 is 27.4 Å². The highest BCUT2D eigenvalue weighted by Crippen LogP contribution is 2.22. The summed E-state index contributed by atoms with van der Waals surface area (Å²) in [5, 5.41) is 3.34. The molecule has 0 spiro atoms. The van der Waals surface area contributed by atoms with Crippen molar-refractivity contribution < 1.29 is 8.42 Å². The van der Waals surface area contributed by atoms with Crippen molar-refractivity contribution in [3.63, 3.8) is 0 Å². The van der Waals surface area contributed by atoms with Crippen molar-refractivity contribution in [2.75, 3.05) is 32.5 Å². The van der Waals surface area contributed by atoms with Gasteiger partial charge in [-0.15, -0.1) is 0 Å². The van der Waals surface area contributed by atoms with Gasteiger partial charge in [0, 0.05) is 25.3 Å². The fourth-order valence-corrected chi connectivity index (χ4v) is 3.36. The number of aromatic nitrogens is 1. The van der Waals surface area contributed by atoms with Gasteiger partial charge in [0.2, 0.25) is 10.0 Å². The van der Waals surface area contributed by atoms with E-state index >= 15 is 0 Å². The van der Waals surface area contributed by atoms with Crippen LogP contribution in [0.4, 0.5) is 5.82 Å². The second-order valence-corrected chi connectivity index (χ2v) is 7.33. The van der Waals surface area contributed by atoms with Crippen LogP contribution < -0.4 is 10.0 Å². The molecule has 6 nitrogen and oxygen atoms in total. The van der Waals surface area contributed by atoms with E-state index in [-0.39, 0.29) is 10.9 Å². The van der Waals surface area contributed by atoms with E-state index in [2.05, 4.69) is 15.0 Å². The number of hydrogen-bond acceptors (Lipinski definition) is 5. The maximum Gasteiger partial charge on any atom is 0.242 e. The highest BCUT2D eigenvalue weighted by atomic mass is 35.5. The highest BCUT2D eigenvalue weighted by molar-refractivity contribution is 7.89. The summed E-state index contributed by atoms with van der Waals surface area (Å²) in [6, 6.07) is 1.21. The lowest BCUT2D eigenvalue weighted by atomic mass is 10.3. The van der Waals surface area contributed by atoms with Gasteiger partial charge >= 0.3 is 0 Å². The van der Waals surface area contributed by atoms with Crippen molar-refractivity contribution in [1.82, 2.24) is 14.6 Å². The third kappa shape index (κ3) is 5.78. The number of sulfonamides is 1. The second kappa shape index (κ2) is 7.93. The second-order valence-electron chi connectivity index (χ2n) is 5.21. The maximum atomic E-state index is 12.3. The average Bonchev–Trinajstić information content (AvgIpc) is 2.35. The number of likely N-dealkylation sites (N-methyl/N-ethyl adjacent to an activating group) is 1. The summed E-state index contributed by atoms with van der Waals surface area (Å²) >= 11 is 6.07. The van der Waals surface area contributed by atoms with Gasteiger partial charge in [-0.2, -0.15) is 0 Å². The van der Waals surface area contributed by atoms with Crippen LogP contribution in [0.15, 0.2) is 17.2 Å². The van der Waals surface area contributed by atoms with Crippen LogP contribution in [-0.2, 0) is 10.0 Å². The molecule has 0 fully saturated rings. The molecule has 0 aliphatic rings. The summed E-state index contributed by atoms with van der Waals surface area (Å²) in [5.74, 6) is 0.499. The summed E-state index contributed by atoms with van der Waals surface area (Å²) in [6.07, 6.45) is 2.25. The van der Waals surface area contributed by atoms with Gasteiger partial charge in [0.1, 0.15) is 10.7 Å². The van der Waals surface area contributed by atoms with Gasteiger partial charge in [-0.3, -0.25) is 0 Å². The van der Waals surface area contributed by atoms with Crippen molar-refractivity contribution in [3.05, 3.63) is 17.3 Å². The lowest BCUT2D eigenvalue weighted by Crippen LogP contribution is -2.39. The SMILES string of the molecule is CCCNc1ncc(S(=O)(=O)NC(C)CN(C)C)cc1Cl. The number of anilines is 1. The fraction of sp³-hybridized carbons (Fsp3) is 0.615. The third-order valence-electron chi connectivity index (χ3n) is 2.66. The Morgan fingerprint density at radius 3 is 2.62 bits per heavy atom. The Morgan fingerprint density at radius 2 is 2.10 bits per heavy atom. The summed E-state index contributed by atoms with van der Waals surface area (Å²) in [6.45, 7) is 5.17.